The minimum atomic E-state index is -0.134. The molecule has 0 radical (unpaired) electrons. The van der Waals surface area contributed by atoms with Gasteiger partial charge < -0.3 is 15.4 Å². The molecule has 1 aromatic heterocycles. The van der Waals surface area contributed by atoms with E-state index in [1.165, 1.54) is 12.8 Å². The van der Waals surface area contributed by atoms with E-state index in [1.54, 1.807) is 0 Å². The van der Waals surface area contributed by atoms with Gasteiger partial charge in [-0.05, 0) is 58.0 Å². The lowest BCUT2D eigenvalue weighted by Crippen LogP contribution is -2.30. The zero-order valence-electron chi connectivity index (χ0n) is 13.9. The molecule has 0 unspecified atom stereocenters. The van der Waals surface area contributed by atoms with Crippen molar-refractivity contribution < 1.29 is 9.53 Å². The number of ether oxygens (including phenoxy) is 1. The van der Waals surface area contributed by atoms with Crippen LogP contribution in [0.5, 0.6) is 0 Å². The SMILES string of the molecule is Cc1c(C(=O)NCCCOCC2CC2)nnn1C1CCNCC1. The van der Waals surface area contributed by atoms with Crippen molar-refractivity contribution in [3.05, 3.63) is 11.4 Å². The number of aromatic nitrogens is 3. The summed E-state index contributed by atoms with van der Waals surface area (Å²) in [6.45, 7) is 6.10. The Labute approximate surface area is 137 Å². The van der Waals surface area contributed by atoms with Crippen molar-refractivity contribution in [1.82, 2.24) is 25.6 Å². The summed E-state index contributed by atoms with van der Waals surface area (Å²) >= 11 is 0. The van der Waals surface area contributed by atoms with E-state index in [4.69, 9.17) is 4.74 Å². The molecule has 1 aliphatic heterocycles. The van der Waals surface area contributed by atoms with Gasteiger partial charge in [0.1, 0.15) is 0 Å². The second-order valence-corrected chi connectivity index (χ2v) is 6.58. The third kappa shape index (κ3) is 4.51. The van der Waals surface area contributed by atoms with E-state index >= 15 is 0 Å². The van der Waals surface area contributed by atoms with Crippen molar-refractivity contribution in [3.8, 4) is 0 Å². The Bertz CT molecular complexity index is 521. The van der Waals surface area contributed by atoms with Crippen molar-refractivity contribution >= 4 is 5.91 Å². The highest BCUT2D eigenvalue weighted by Crippen LogP contribution is 2.28. The van der Waals surface area contributed by atoms with Crippen LogP contribution in [0, 0.1) is 12.8 Å². The zero-order valence-corrected chi connectivity index (χ0v) is 13.9. The van der Waals surface area contributed by atoms with E-state index in [0.717, 1.165) is 50.6 Å². The predicted molar refractivity (Wildman–Crippen MR) is 86.4 cm³/mol. The molecule has 7 nitrogen and oxygen atoms in total. The third-order valence-corrected chi connectivity index (χ3v) is 4.60. The van der Waals surface area contributed by atoms with Gasteiger partial charge >= 0.3 is 0 Å². The van der Waals surface area contributed by atoms with Crippen molar-refractivity contribution in [2.45, 2.75) is 45.1 Å². The van der Waals surface area contributed by atoms with E-state index in [2.05, 4.69) is 20.9 Å². The van der Waals surface area contributed by atoms with Gasteiger partial charge in [-0.15, -0.1) is 5.10 Å². The lowest BCUT2D eigenvalue weighted by molar-refractivity contribution is 0.0932. The summed E-state index contributed by atoms with van der Waals surface area (Å²) in [5.41, 5.74) is 1.31. The Kier molecular flexibility index (Phi) is 5.61. The van der Waals surface area contributed by atoms with Gasteiger partial charge in [0.05, 0.1) is 11.7 Å². The van der Waals surface area contributed by atoms with Gasteiger partial charge in [0, 0.05) is 19.8 Å². The van der Waals surface area contributed by atoms with Gasteiger partial charge in [0.2, 0.25) is 0 Å². The maximum Gasteiger partial charge on any atom is 0.273 e. The molecule has 0 bridgehead atoms. The highest BCUT2D eigenvalue weighted by molar-refractivity contribution is 5.93. The van der Waals surface area contributed by atoms with E-state index < -0.39 is 0 Å². The van der Waals surface area contributed by atoms with Crippen LogP contribution in [0.3, 0.4) is 0 Å². The normalized spacial score (nSPS) is 19.0. The number of nitrogens with zero attached hydrogens (tertiary/aromatic N) is 3. The molecule has 2 aliphatic rings. The monoisotopic (exact) mass is 321 g/mol. The zero-order chi connectivity index (χ0) is 16.1. The van der Waals surface area contributed by atoms with Crippen LogP contribution in [0.15, 0.2) is 0 Å². The quantitative estimate of drug-likeness (QED) is 0.700. The lowest BCUT2D eigenvalue weighted by Gasteiger charge is -2.23. The second-order valence-electron chi connectivity index (χ2n) is 6.58. The molecule has 1 saturated heterocycles. The van der Waals surface area contributed by atoms with Gasteiger partial charge in [0.15, 0.2) is 5.69 Å². The molecular weight excluding hydrogens is 294 g/mol. The molecule has 3 rings (SSSR count). The van der Waals surface area contributed by atoms with Crippen molar-refractivity contribution in [2.75, 3.05) is 32.8 Å². The van der Waals surface area contributed by atoms with Crippen LogP contribution in [0.4, 0.5) is 0 Å². The first-order valence-corrected chi connectivity index (χ1v) is 8.74. The smallest absolute Gasteiger partial charge is 0.273 e. The summed E-state index contributed by atoms with van der Waals surface area (Å²) in [5.74, 6) is 0.655. The van der Waals surface area contributed by atoms with Crippen LogP contribution in [0.1, 0.15) is 54.3 Å². The predicted octanol–water partition coefficient (Wildman–Crippen LogP) is 1.06. The van der Waals surface area contributed by atoms with Gasteiger partial charge in [-0.3, -0.25) is 4.79 Å². The molecule has 1 aromatic rings. The van der Waals surface area contributed by atoms with Crippen LogP contribution in [-0.4, -0.2) is 53.7 Å². The number of hydrogen-bond donors (Lipinski definition) is 2. The first-order chi connectivity index (χ1) is 11.3. The number of nitrogens with one attached hydrogen (secondary N) is 2. The first-order valence-electron chi connectivity index (χ1n) is 8.74. The average Bonchev–Trinajstić information content (AvgIpc) is 3.32. The third-order valence-electron chi connectivity index (χ3n) is 4.60. The topological polar surface area (TPSA) is 81.1 Å². The minimum absolute atomic E-state index is 0.134. The molecule has 2 heterocycles. The second kappa shape index (κ2) is 7.88. The largest absolute Gasteiger partial charge is 0.381 e. The molecule has 2 fully saturated rings. The Morgan fingerprint density at radius 2 is 2.13 bits per heavy atom. The standard InChI is InChI=1S/C16H27N5O2/c1-12-15(19-20-21(12)14-5-8-17-9-6-14)16(22)18-7-2-10-23-11-13-3-4-13/h13-14,17H,2-11H2,1H3,(H,18,22). The van der Waals surface area contributed by atoms with Gasteiger partial charge in [-0.25, -0.2) is 4.68 Å². The Balaban J connectivity index is 1.42. The highest BCUT2D eigenvalue weighted by atomic mass is 16.5. The molecule has 1 saturated carbocycles. The summed E-state index contributed by atoms with van der Waals surface area (Å²) in [5, 5.41) is 14.5. The molecular formula is C16H27N5O2. The number of carbonyl (C=O) groups excluding carboxylic acids is 1. The first kappa shape index (κ1) is 16.4. The van der Waals surface area contributed by atoms with Gasteiger partial charge in [-0.1, -0.05) is 5.21 Å². The fourth-order valence-electron chi connectivity index (χ4n) is 2.94. The van der Waals surface area contributed by atoms with Crippen molar-refractivity contribution in [2.24, 2.45) is 5.92 Å². The fraction of sp³-hybridized carbons (Fsp3) is 0.812. The van der Waals surface area contributed by atoms with Gasteiger partial charge in [-0.2, -0.15) is 0 Å². The van der Waals surface area contributed by atoms with Crippen molar-refractivity contribution in [3.63, 3.8) is 0 Å². The Morgan fingerprint density at radius 3 is 2.87 bits per heavy atom. The molecule has 7 heteroatoms. The Morgan fingerprint density at radius 1 is 1.35 bits per heavy atom. The van der Waals surface area contributed by atoms with E-state index in [1.807, 2.05) is 11.6 Å². The fourth-order valence-corrected chi connectivity index (χ4v) is 2.94. The molecule has 23 heavy (non-hydrogen) atoms. The molecule has 0 atom stereocenters. The molecule has 0 aromatic carbocycles. The number of hydrogen-bond acceptors (Lipinski definition) is 5. The van der Waals surface area contributed by atoms with Crippen LogP contribution < -0.4 is 10.6 Å². The average molecular weight is 321 g/mol. The van der Waals surface area contributed by atoms with E-state index in [0.29, 0.717) is 24.9 Å². The van der Waals surface area contributed by atoms with Crippen LogP contribution in [0.25, 0.3) is 0 Å². The number of carbonyl (C=O) groups is 1. The van der Waals surface area contributed by atoms with Crippen molar-refractivity contribution in [1.29, 1.82) is 0 Å². The van der Waals surface area contributed by atoms with Crippen LogP contribution in [0.2, 0.25) is 0 Å². The number of rotatable bonds is 8. The maximum atomic E-state index is 12.2. The van der Waals surface area contributed by atoms with E-state index in [9.17, 15) is 4.79 Å². The highest BCUT2D eigenvalue weighted by Gasteiger charge is 2.23. The maximum absolute atomic E-state index is 12.2. The summed E-state index contributed by atoms with van der Waals surface area (Å²) < 4.78 is 7.47. The lowest BCUT2D eigenvalue weighted by atomic mass is 10.1. The molecule has 128 valence electrons. The van der Waals surface area contributed by atoms with Crippen LogP contribution >= 0.6 is 0 Å². The van der Waals surface area contributed by atoms with Crippen LogP contribution in [-0.2, 0) is 4.74 Å². The molecule has 2 N–H and O–H groups in total. The molecule has 1 amide bonds. The van der Waals surface area contributed by atoms with Gasteiger partial charge in [0.25, 0.3) is 5.91 Å². The summed E-state index contributed by atoms with van der Waals surface area (Å²) in [6, 6.07) is 0.348. The Hall–Kier alpha value is -1.47. The minimum Gasteiger partial charge on any atom is -0.381 e. The molecule has 1 aliphatic carbocycles. The number of piperidine rings is 1. The summed E-state index contributed by atoms with van der Waals surface area (Å²) in [4.78, 5) is 12.2. The number of amides is 1. The van der Waals surface area contributed by atoms with E-state index in [-0.39, 0.29) is 5.91 Å². The molecule has 0 spiro atoms. The summed E-state index contributed by atoms with van der Waals surface area (Å²) in [6.07, 6.45) is 5.51. The summed E-state index contributed by atoms with van der Waals surface area (Å²) in [7, 11) is 0.